The Bertz CT molecular complexity index is 1060. The fourth-order valence-electron chi connectivity index (χ4n) is 3.12. The summed E-state index contributed by atoms with van der Waals surface area (Å²) in [6.45, 7) is 0.674. The monoisotopic (exact) mass is 408 g/mol. The molecule has 4 aromatic heterocycles. The van der Waals surface area contributed by atoms with E-state index in [-0.39, 0.29) is 0 Å². The van der Waals surface area contributed by atoms with Crippen molar-refractivity contribution in [1.29, 1.82) is 0 Å². The van der Waals surface area contributed by atoms with Crippen molar-refractivity contribution in [2.45, 2.75) is 43.3 Å². The van der Waals surface area contributed by atoms with Gasteiger partial charge in [0.25, 0.3) is 0 Å². The molecule has 5 rings (SSSR count). The summed E-state index contributed by atoms with van der Waals surface area (Å²) >= 11 is 1.71. The topological polar surface area (TPSA) is 95.7 Å². The van der Waals surface area contributed by atoms with Crippen molar-refractivity contribution in [2.75, 3.05) is 5.75 Å². The van der Waals surface area contributed by atoms with Gasteiger partial charge in [-0.15, -0.1) is 10.2 Å². The number of pyridine rings is 1. The van der Waals surface area contributed by atoms with Gasteiger partial charge in [-0.05, 0) is 43.5 Å². The zero-order chi connectivity index (χ0) is 19.5. The van der Waals surface area contributed by atoms with Crippen LogP contribution in [0, 0.1) is 0 Å². The lowest BCUT2D eigenvalue weighted by molar-refractivity contribution is 0.378. The molecule has 0 aromatic carbocycles. The Morgan fingerprint density at radius 2 is 2.03 bits per heavy atom. The minimum Gasteiger partial charge on any atom is -0.467 e. The average molecular weight is 408 g/mol. The Balaban J connectivity index is 1.19. The number of hydrogen-bond donors (Lipinski definition) is 0. The van der Waals surface area contributed by atoms with Crippen molar-refractivity contribution in [3.05, 3.63) is 60.4 Å². The zero-order valence-electron chi connectivity index (χ0n) is 15.8. The molecule has 29 heavy (non-hydrogen) atoms. The maximum Gasteiger partial charge on any atom is 0.226 e. The predicted molar refractivity (Wildman–Crippen MR) is 106 cm³/mol. The molecule has 0 N–H and O–H groups in total. The van der Waals surface area contributed by atoms with Gasteiger partial charge in [0, 0.05) is 36.0 Å². The number of thioether (sulfide) groups is 1. The maximum atomic E-state index is 5.52. The SMILES string of the molecule is c1coc(Cn2c(SCCCc3nc(-c4ccncc4)no3)nnc2C2CC2)c1. The molecule has 148 valence electrons. The number of aryl methyl sites for hydroxylation is 1. The summed E-state index contributed by atoms with van der Waals surface area (Å²) in [5.74, 6) is 4.67. The molecule has 1 aliphatic carbocycles. The van der Waals surface area contributed by atoms with Gasteiger partial charge in [0.2, 0.25) is 11.7 Å². The largest absolute Gasteiger partial charge is 0.467 e. The fraction of sp³-hybridized carbons (Fsp3) is 0.350. The van der Waals surface area contributed by atoms with Crippen LogP contribution in [0.25, 0.3) is 11.4 Å². The Morgan fingerprint density at radius 3 is 2.83 bits per heavy atom. The normalized spacial score (nSPS) is 13.8. The van der Waals surface area contributed by atoms with E-state index in [0.29, 0.717) is 24.2 Å². The average Bonchev–Trinajstić information content (AvgIpc) is 3.14. The van der Waals surface area contributed by atoms with Crippen molar-refractivity contribution in [2.24, 2.45) is 0 Å². The summed E-state index contributed by atoms with van der Waals surface area (Å²) in [7, 11) is 0. The molecule has 4 heterocycles. The molecule has 0 spiro atoms. The van der Waals surface area contributed by atoms with Crippen molar-refractivity contribution in [3.8, 4) is 11.4 Å². The zero-order valence-corrected chi connectivity index (χ0v) is 16.6. The summed E-state index contributed by atoms with van der Waals surface area (Å²) in [5.41, 5.74) is 0.906. The first-order chi connectivity index (χ1) is 14.4. The molecule has 4 aromatic rings. The van der Waals surface area contributed by atoms with Gasteiger partial charge >= 0.3 is 0 Å². The molecule has 1 fully saturated rings. The van der Waals surface area contributed by atoms with Crippen LogP contribution >= 0.6 is 11.8 Å². The third-order valence-electron chi connectivity index (χ3n) is 4.75. The van der Waals surface area contributed by atoms with Gasteiger partial charge in [-0.25, -0.2) is 0 Å². The van der Waals surface area contributed by atoms with Crippen LogP contribution in [0.1, 0.15) is 42.7 Å². The minimum atomic E-state index is 0.539. The van der Waals surface area contributed by atoms with E-state index >= 15 is 0 Å². The quantitative estimate of drug-likeness (QED) is 0.303. The van der Waals surface area contributed by atoms with Gasteiger partial charge in [-0.3, -0.25) is 9.55 Å². The number of furan rings is 1. The summed E-state index contributed by atoms with van der Waals surface area (Å²) < 4.78 is 13.1. The van der Waals surface area contributed by atoms with Crippen molar-refractivity contribution < 1.29 is 8.94 Å². The highest BCUT2D eigenvalue weighted by molar-refractivity contribution is 7.99. The summed E-state index contributed by atoms with van der Waals surface area (Å²) in [4.78, 5) is 8.47. The smallest absolute Gasteiger partial charge is 0.226 e. The molecule has 0 amide bonds. The first kappa shape index (κ1) is 18.1. The maximum absolute atomic E-state index is 5.52. The number of nitrogens with zero attached hydrogens (tertiary/aromatic N) is 6. The summed E-state index contributed by atoms with van der Waals surface area (Å²) in [6, 6.07) is 7.64. The first-order valence-electron chi connectivity index (χ1n) is 9.68. The van der Waals surface area contributed by atoms with E-state index in [0.717, 1.165) is 40.9 Å². The molecule has 9 heteroatoms. The van der Waals surface area contributed by atoms with Gasteiger partial charge in [0.05, 0.1) is 12.8 Å². The first-order valence-corrected chi connectivity index (χ1v) is 10.7. The van der Waals surface area contributed by atoms with Crippen LogP contribution in [0.2, 0.25) is 0 Å². The molecule has 0 atom stereocenters. The van der Waals surface area contributed by atoms with Crippen LogP contribution in [0.15, 0.2) is 57.0 Å². The lowest BCUT2D eigenvalue weighted by Crippen LogP contribution is -2.05. The second-order valence-electron chi connectivity index (χ2n) is 6.98. The minimum absolute atomic E-state index is 0.539. The highest BCUT2D eigenvalue weighted by Crippen LogP contribution is 2.40. The van der Waals surface area contributed by atoms with Gasteiger partial charge in [-0.2, -0.15) is 4.98 Å². The van der Waals surface area contributed by atoms with Crippen molar-refractivity contribution in [1.82, 2.24) is 29.9 Å². The highest BCUT2D eigenvalue weighted by atomic mass is 32.2. The molecule has 8 nitrogen and oxygen atoms in total. The van der Waals surface area contributed by atoms with Crippen LogP contribution in [-0.4, -0.2) is 35.6 Å². The van der Waals surface area contributed by atoms with Crippen LogP contribution in [0.5, 0.6) is 0 Å². The Labute approximate surface area is 171 Å². The third kappa shape index (κ3) is 4.24. The van der Waals surface area contributed by atoms with Gasteiger partial charge in [0.15, 0.2) is 5.16 Å². The Morgan fingerprint density at radius 1 is 1.14 bits per heavy atom. The molecule has 0 bridgehead atoms. The molecule has 1 saturated carbocycles. The molecule has 0 radical (unpaired) electrons. The predicted octanol–water partition coefficient (Wildman–Crippen LogP) is 3.97. The van der Waals surface area contributed by atoms with E-state index in [1.54, 1.807) is 30.4 Å². The van der Waals surface area contributed by atoms with Crippen molar-refractivity contribution >= 4 is 11.8 Å². The van der Waals surface area contributed by atoms with Crippen LogP contribution in [0.4, 0.5) is 0 Å². The second kappa shape index (κ2) is 8.20. The van der Waals surface area contributed by atoms with E-state index in [9.17, 15) is 0 Å². The summed E-state index contributed by atoms with van der Waals surface area (Å²) in [5, 5.41) is 13.8. The number of rotatable bonds is 9. The number of hydrogen-bond acceptors (Lipinski definition) is 8. The molecule has 0 saturated heterocycles. The van der Waals surface area contributed by atoms with Crippen LogP contribution < -0.4 is 0 Å². The Hall–Kier alpha value is -2.94. The van der Waals surface area contributed by atoms with Gasteiger partial charge in [-0.1, -0.05) is 16.9 Å². The van der Waals surface area contributed by atoms with E-state index < -0.39 is 0 Å². The van der Waals surface area contributed by atoms with Crippen LogP contribution in [-0.2, 0) is 13.0 Å². The lowest BCUT2D eigenvalue weighted by Gasteiger charge is -2.07. The second-order valence-corrected chi connectivity index (χ2v) is 8.04. The molecular formula is C20H20N6O2S. The summed E-state index contributed by atoms with van der Waals surface area (Å²) in [6.07, 6.45) is 9.17. The van der Waals surface area contributed by atoms with E-state index in [1.807, 2.05) is 24.3 Å². The Kier molecular flexibility index (Phi) is 5.12. The molecule has 0 unspecified atom stereocenters. The van der Waals surface area contributed by atoms with Gasteiger partial charge in [0.1, 0.15) is 11.6 Å². The highest BCUT2D eigenvalue weighted by Gasteiger charge is 2.30. The molecule has 1 aliphatic rings. The van der Waals surface area contributed by atoms with Gasteiger partial charge < -0.3 is 8.94 Å². The fourth-order valence-corrected chi connectivity index (χ4v) is 4.00. The van der Waals surface area contributed by atoms with Crippen LogP contribution in [0.3, 0.4) is 0 Å². The standard InChI is InChI=1S/C20H20N6O2S/c1-3-16(27-11-1)13-26-19(15-5-6-15)23-24-20(26)29-12-2-4-17-22-18(25-28-17)14-7-9-21-10-8-14/h1,3,7-11,15H,2,4-6,12-13H2. The van der Waals surface area contributed by atoms with E-state index in [1.165, 1.54) is 12.8 Å². The lowest BCUT2D eigenvalue weighted by atomic mass is 10.2. The van der Waals surface area contributed by atoms with E-state index in [2.05, 4.69) is 29.9 Å². The molecular weight excluding hydrogens is 388 g/mol. The third-order valence-corrected chi connectivity index (χ3v) is 5.81. The van der Waals surface area contributed by atoms with Crippen molar-refractivity contribution in [3.63, 3.8) is 0 Å². The van der Waals surface area contributed by atoms with E-state index in [4.69, 9.17) is 8.94 Å². The molecule has 0 aliphatic heterocycles. The number of aromatic nitrogens is 6.